The van der Waals surface area contributed by atoms with E-state index in [4.69, 9.17) is 4.74 Å². The van der Waals surface area contributed by atoms with E-state index in [-0.39, 0.29) is 25.5 Å². The summed E-state index contributed by atoms with van der Waals surface area (Å²) in [5.41, 5.74) is 1.61. The Labute approximate surface area is 240 Å². The maximum atomic E-state index is 13.4. The molecule has 1 fully saturated rings. The average Bonchev–Trinajstić information content (AvgIpc) is 3.45. The van der Waals surface area contributed by atoms with Gasteiger partial charge in [-0.25, -0.2) is 4.79 Å². The quantitative estimate of drug-likeness (QED) is 0.228. The van der Waals surface area contributed by atoms with Crippen molar-refractivity contribution in [3.63, 3.8) is 0 Å². The topological polar surface area (TPSA) is 157 Å². The Hall–Kier alpha value is -3.90. The second kappa shape index (κ2) is 15.8. The molecule has 0 saturated carbocycles. The molecular weight excluding hydrogens is 527 g/mol. The van der Waals surface area contributed by atoms with Gasteiger partial charge in [0.1, 0.15) is 25.2 Å². The highest BCUT2D eigenvalue weighted by atomic mass is 16.5. The van der Waals surface area contributed by atoms with Crippen LogP contribution in [0, 0.1) is 5.92 Å². The molecule has 5 N–H and O–H groups in total. The van der Waals surface area contributed by atoms with Crippen molar-refractivity contribution in [1.29, 1.82) is 0 Å². The summed E-state index contributed by atoms with van der Waals surface area (Å²) in [6.07, 6.45) is 0.751. The summed E-state index contributed by atoms with van der Waals surface area (Å²) in [6, 6.07) is 16.4. The Balaban J connectivity index is 1.61. The van der Waals surface area contributed by atoms with E-state index in [9.17, 15) is 29.2 Å². The van der Waals surface area contributed by atoms with Crippen molar-refractivity contribution in [3.8, 4) is 0 Å². The number of rotatable bonds is 13. The Morgan fingerprint density at radius 3 is 2.22 bits per heavy atom. The zero-order valence-corrected chi connectivity index (χ0v) is 23.5. The number of ether oxygens (including phenoxy) is 1. The Morgan fingerprint density at radius 1 is 0.976 bits per heavy atom. The van der Waals surface area contributed by atoms with Gasteiger partial charge < -0.3 is 35.6 Å². The van der Waals surface area contributed by atoms with E-state index in [1.54, 1.807) is 0 Å². The lowest BCUT2D eigenvalue weighted by Crippen LogP contribution is -2.57. The minimum atomic E-state index is -1.76. The first-order valence-electron chi connectivity index (χ1n) is 13.9. The number of amides is 4. The van der Waals surface area contributed by atoms with Gasteiger partial charge in [0.25, 0.3) is 0 Å². The van der Waals surface area contributed by atoms with Crippen LogP contribution in [0.5, 0.6) is 0 Å². The molecule has 0 spiro atoms. The van der Waals surface area contributed by atoms with E-state index in [0.29, 0.717) is 25.8 Å². The molecule has 1 aliphatic heterocycles. The minimum Gasteiger partial charge on any atom is -0.445 e. The molecule has 1 aliphatic rings. The standard InChI is InChI=1S/C29H39BN4O7/c1-20(2)16-25(30(39)40)33-27(36)23(17-21-10-5-3-6-11-21)32-28(37)24-14-9-15-34(24)26(35)18-31-29(38)41-19-22-12-7-4-8-13-22/h3-8,10-13,20,23-25,39-40H,9,14-19H2,1-2H3,(H,31,38)(H,32,37)(H,33,36)/t23?,24-,25-/m0/s1. The third kappa shape index (κ3) is 10.2. The van der Waals surface area contributed by atoms with Crippen molar-refractivity contribution in [2.45, 2.75) is 64.2 Å². The van der Waals surface area contributed by atoms with Crippen LogP contribution in [0.25, 0.3) is 0 Å². The van der Waals surface area contributed by atoms with Gasteiger partial charge in [0, 0.05) is 13.0 Å². The molecule has 4 amide bonds. The fourth-order valence-corrected chi connectivity index (χ4v) is 4.73. The van der Waals surface area contributed by atoms with Crippen LogP contribution in [0.3, 0.4) is 0 Å². The average molecular weight is 566 g/mol. The van der Waals surface area contributed by atoms with Crippen molar-refractivity contribution in [2.75, 3.05) is 13.1 Å². The highest BCUT2D eigenvalue weighted by molar-refractivity contribution is 6.43. The second-order valence-corrected chi connectivity index (χ2v) is 10.6. The van der Waals surface area contributed by atoms with Gasteiger partial charge in [-0.3, -0.25) is 14.4 Å². The van der Waals surface area contributed by atoms with Gasteiger partial charge in [-0.15, -0.1) is 0 Å². The molecule has 1 unspecified atom stereocenters. The first-order chi connectivity index (χ1) is 19.6. The summed E-state index contributed by atoms with van der Waals surface area (Å²) in [4.78, 5) is 53.0. The summed E-state index contributed by atoms with van der Waals surface area (Å²) in [5, 5.41) is 27.4. The summed E-state index contributed by atoms with van der Waals surface area (Å²) in [5.74, 6) is -2.31. The smallest absolute Gasteiger partial charge is 0.445 e. The molecule has 0 aliphatic carbocycles. The van der Waals surface area contributed by atoms with Crippen molar-refractivity contribution in [3.05, 3.63) is 71.8 Å². The number of likely N-dealkylation sites (tertiary alicyclic amines) is 1. The number of nitrogens with one attached hydrogen (secondary N) is 3. The molecule has 1 saturated heterocycles. The van der Waals surface area contributed by atoms with E-state index in [1.807, 2.05) is 74.5 Å². The van der Waals surface area contributed by atoms with Gasteiger partial charge in [0.2, 0.25) is 17.7 Å². The van der Waals surface area contributed by atoms with Gasteiger partial charge in [0.05, 0.1) is 5.94 Å². The fourth-order valence-electron chi connectivity index (χ4n) is 4.73. The Kier molecular flexibility index (Phi) is 12.2. The number of carbonyl (C=O) groups excluding carboxylic acids is 4. The van der Waals surface area contributed by atoms with E-state index in [0.717, 1.165) is 11.1 Å². The molecule has 12 heteroatoms. The number of alkyl carbamates (subject to hydrolysis) is 1. The van der Waals surface area contributed by atoms with Crippen molar-refractivity contribution in [1.82, 2.24) is 20.9 Å². The molecule has 0 radical (unpaired) electrons. The fraction of sp³-hybridized carbons (Fsp3) is 0.448. The van der Waals surface area contributed by atoms with Crippen LogP contribution in [0.4, 0.5) is 4.79 Å². The molecule has 3 rings (SSSR count). The first kappa shape index (κ1) is 31.6. The Morgan fingerprint density at radius 2 is 1.61 bits per heavy atom. The van der Waals surface area contributed by atoms with Crippen LogP contribution in [0.2, 0.25) is 0 Å². The van der Waals surface area contributed by atoms with Gasteiger partial charge >= 0.3 is 13.2 Å². The van der Waals surface area contributed by atoms with Crippen LogP contribution in [0.1, 0.15) is 44.2 Å². The molecule has 220 valence electrons. The normalized spacial score (nSPS) is 16.0. The molecule has 11 nitrogen and oxygen atoms in total. The van der Waals surface area contributed by atoms with Crippen LogP contribution in [0.15, 0.2) is 60.7 Å². The summed E-state index contributed by atoms with van der Waals surface area (Å²) in [7, 11) is -1.76. The number of carbonyl (C=O) groups is 4. The van der Waals surface area contributed by atoms with E-state index >= 15 is 0 Å². The molecule has 2 aromatic carbocycles. The number of benzene rings is 2. The lowest BCUT2D eigenvalue weighted by Gasteiger charge is -2.28. The molecule has 41 heavy (non-hydrogen) atoms. The van der Waals surface area contributed by atoms with Gasteiger partial charge in [-0.2, -0.15) is 0 Å². The Bertz CT molecular complexity index is 1150. The molecule has 0 aromatic heterocycles. The van der Waals surface area contributed by atoms with Crippen LogP contribution in [-0.2, 0) is 32.1 Å². The molecular formula is C29H39BN4O7. The second-order valence-electron chi connectivity index (χ2n) is 10.6. The SMILES string of the molecule is CC(C)C[C@H](NC(=O)C(Cc1ccccc1)NC(=O)[C@@H]1CCCN1C(=O)CNC(=O)OCc1ccccc1)B(O)O. The molecule has 1 heterocycles. The van der Waals surface area contributed by atoms with E-state index in [2.05, 4.69) is 16.0 Å². The summed E-state index contributed by atoms with van der Waals surface area (Å²) < 4.78 is 5.14. The molecule has 0 bridgehead atoms. The number of hydrogen-bond donors (Lipinski definition) is 5. The molecule has 2 aromatic rings. The van der Waals surface area contributed by atoms with E-state index < -0.39 is 49.0 Å². The zero-order chi connectivity index (χ0) is 29.8. The lowest BCUT2D eigenvalue weighted by atomic mass is 9.75. The zero-order valence-electron chi connectivity index (χ0n) is 23.5. The predicted octanol–water partition coefficient (Wildman–Crippen LogP) is 1.17. The van der Waals surface area contributed by atoms with Crippen LogP contribution in [-0.4, -0.2) is 77.0 Å². The monoisotopic (exact) mass is 566 g/mol. The van der Waals surface area contributed by atoms with Gasteiger partial charge in [0.15, 0.2) is 0 Å². The van der Waals surface area contributed by atoms with Gasteiger partial charge in [-0.05, 0) is 36.3 Å². The maximum absolute atomic E-state index is 13.4. The third-order valence-electron chi connectivity index (χ3n) is 6.80. The van der Waals surface area contributed by atoms with Crippen molar-refractivity contribution in [2.24, 2.45) is 5.92 Å². The van der Waals surface area contributed by atoms with Crippen molar-refractivity contribution < 1.29 is 34.0 Å². The maximum Gasteiger partial charge on any atom is 0.475 e. The summed E-state index contributed by atoms with van der Waals surface area (Å²) >= 11 is 0. The highest BCUT2D eigenvalue weighted by Crippen LogP contribution is 2.18. The minimum absolute atomic E-state index is 0.0613. The third-order valence-corrected chi connectivity index (χ3v) is 6.80. The highest BCUT2D eigenvalue weighted by Gasteiger charge is 2.37. The predicted molar refractivity (Wildman–Crippen MR) is 153 cm³/mol. The molecule has 3 atom stereocenters. The van der Waals surface area contributed by atoms with Crippen LogP contribution >= 0.6 is 0 Å². The summed E-state index contributed by atoms with van der Waals surface area (Å²) in [6.45, 7) is 3.85. The lowest BCUT2D eigenvalue weighted by molar-refractivity contribution is -0.138. The number of nitrogens with zero attached hydrogens (tertiary/aromatic N) is 1. The first-order valence-corrected chi connectivity index (χ1v) is 13.9. The van der Waals surface area contributed by atoms with Crippen LogP contribution < -0.4 is 16.0 Å². The largest absolute Gasteiger partial charge is 0.475 e. The number of hydrogen-bond acceptors (Lipinski definition) is 7. The van der Waals surface area contributed by atoms with E-state index in [1.165, 1.54) is 4.90 Å². The van der Waals surface area contributed by atoms with Gasteiger partial charge in [-0.1, -0.05) is 74.5 Å². The van der Waals surface area contributed by atoms with Crippen molar-refractivity contribution >= 4 is 30.9 Å².